The van der Waals surface area contributed by atoms with Gasteiger partial charge in [-0.15, -0.1) is 0 Å². The van der Waals surface area contributed by atoms with Gasteiger partial charge in [-0.2, -0.15) is 0 Å². The lowest BCUT2D eigenvalue weighted by molar-refractivity contribution is -0.128. The SMILES string of the molecule is CN1C(=O)C(CC(=O)NCCc2ccccc2)SC1=Nc1ccc(I)cc1. The van der Waals surface area contributed by atoms with E-state index in [0.717, 1.165) is 15.7 Å². The number of carbonyl (C=O) groups is 2. The first-order chi connectivity index (χ1) is 13.0. The maximum atomic E-state index is 12.4. The minimum absolute atomic E-state index is 0.0810. The number of halogens is 1. The van der Waals surface area contributed by atoms with Gasteiger partial charge in [-0.3, -0.25) is 14.5 Å². The van der Waals surface area contributed by atoms with Crippen LogP contribution in [0.2, 0.25) is 0 Å². The fourth-order valence-electron chi connectivity index (χ4n) is 2.65. The second kappa shape index (κ2) is 9.36. The molecule has 0 bridgehead atoms. The van der Waals surface area contributed by atoms with Crippen LogP contribution in [0, 0.1) is 3.57 Å². The summed E-state index contributed by atoms with van der Waals surface area (Å²) >= 11 is 3.58. The molecule has 27 heavy (non-hydrogen) atoms. The largest absolute Gasteiger partial charge is 0.356 e. The van der Waals surface area contributed by atoms with Crippen molar-refractivity contribution in [1.82, 2.24) is 10.2 Å². The summed E-state index contributed by atoms with van der Waals surface area (Å²) < 4.78 is 1.13. The van der Waals surface area contributed by atoms with Crippen molar-refractivity contribution in [3.63, 3.8) is 0 Å². The van der Waals surface area contributed by atoms with Crippen LogP contribution in [0.15, 0.2) is 59.6 Å². The lowest BCUT2D eigenvalue weighted by Crippen LogP contribution is -2.33. The molecule has 1 unspecified atom stereocenters. The van der Waals surface area contributed by atoms with E-state index in [4.69, 9.17) is 0 Å². The molecule has 1 aliphatic rings. The summed E-state index contributed by atoms with van der Waals surface area (Å²) in [6.45, 7) is 0.563. The molecule has 0 saturated carbocycles. The van der Waals surface area contributed by atoms with Gasteiger partial charge in [0.25, 0.3) is 0 Å². The molecule has 2 amide bonds. The van der Waals surface area contributed by atoms with Crippen molar-refractivity contribution in [2.75, 3.05) is 13.6 Å². The third kappa shape index (κ3) is 5.55. The van der Waals surface area contributed by atoms with Gasteiger partial charge in [0, 0.05) is 23.6 Å². The molecule has 5 nitrogen and oxygen atoms in total. The number of thioether (sulfide) groups is 1. The summed E-state index contributed by atoms with van der Waals surface area (Å²) in [5.74, 6) is -0.192. The molecular formula is C20H20IN3O2S. The predicted octanol–water partition coefficient (Wildman–Crippen LogP) is 3.60. The van der Waals surface area contributed by atoms with Crippen molar-refractivity contribution < 1.29 is 9.59 Å². The van der Waals surface area contributed by atoms with E-state index in [2.05, 4.69) is 32.9 Å². The first kappa shape index (κ1) is 19.9. The Balaban J connectivity index is 1.53. The van der Waals surface area contributed by atoms with Crippen LogP contribution in [0.5, 0.6) is 0 Å². The Labute approximate surface area is 176 Å². The van der Waals surface area contributed by atoms with Crippen molar-refractivity contribution in [2.24, 2.45) is 4.99 Å². The Kier molecular flexibility index (Phi) is 6.89. The van der Waals surface area contributed by atoms with Crippen molar-refractivity contribution in [2.45, 2.75) is 18.1 Å². The Morgan fingerprint density at radius 1 is 1.19 bits per heavy atom. The highest BCUT2D eigenvalue weighted by Crippen LogP contribution is 2.30. The maximum absolute atomic E-state index is 12.4. The third-order valence-corrected chi connectivity index (χ3v) is 6.09. The van der Waals surface area contributed by atoms with Crippen molar-refractivity contribution in [3.05, 3.63) is 63.7 Å². The van der Waals surface area contributed by atoms with Crippen molar-refractivity contribution >= 4 is 57.0 Å². The van der Waals surface area contributed by atoms with Gasteiger partial charge >= 0.3 is 0 Å². The number of carbonyl (C=O) groups excluding carboxylic acids is 2. The molecule has 0 aromatic heterocycles. The second-order valence-corrected chi connectivity index (χ2v) is 8.58. The van der Waals surface area contributed by atoms with Crippen LogP contribution in [0.25, 0.3) is 0 Å². The molecule has 2 aromatic carbocycles. The predicted molar refractivity (Wildman–Crippen MR) is 118 cm³/mol. The molecule has 0 spiro atoms. The van der Waals surface area contributed by atoms with Crippen LogP contribution in [-0.4, -0.2) is 40.7 Å². The van der Waals surface area contributed by atoms with Gasteiger partial charge in [0.1, 0.15) is 5.25 Å². The Bertz CT molecular complexity index is 840. The number of hydrogen-bond donors (Lipinski definition) is 1. The van der Waals surface area contributed by atoms with Gasteiger partial charge in [-0.25, -0.2) is 4.99 Å². The van der Waals surface area contributed by atoms with Crippen LogP contribution < -0.4 is 5.32 Å². The molecule has 2 aromatic rings. The average Bonchev–Trinajstić information content (AvgIpc) is 2.92. The Morgan fingerprint density at radius 2 is 1.89 bits per heavy atom. The smallest absolute Gasteiger partial charge is 0.242 e. The molecule has 1 saturated heterocycles. The highest BCUT2D eigenvalue weighted by Gasteiger charge is 2.36. The number of nitrogens with one attached hydrogen (secondary N) is 1. The summed E-state index contributed by atoms with van der Waals surface area (Å²) in [7, 11) is 1.70. The second-order valence-electron chi connectivity index (χ2n) is 6.16. The van der Waals surface area contributed by atoms with Crippen LogP contribution >= 0.6 is 34.4 Å². The van der Waals surface area contributed by atoms with E-state index in [9.17, 15) is 9.59 Å². The summed E-state index contributed by atoms with van der Waals surface area (Å²) in [5, 5.41) is 3.11. The number of hydrogen-bond acceptors (Lipinski definition) is 4. The standard InChI is InChI=1S/C20H20IN3O2S/c1-24-19(26)17(27-20(24)23-16-9-7-15(21)8-10-16)13-18(25)22-12-11-14-5-3-2-4-6-14/h2-10,17H,11-13H2,1H3,(H,22,25). The minimum Gasteiger partial charge on any atom is -0.356 e. The first-order valence-corrected chi connectivity index (χ1v) is 10.6. The Morgan fingerprint density at radius 3 is 2.59 bits per heavy atom. The molecule has 0 aliphatic carbocycles. The minimum atomic E-state index is -0.422. The normalized spacial score (nSPS) is 18.1. The van der Waals surface area contributed by atoms with Crippen LogP contribution in [0.4, 0.5) is 5.69 Å². The van der Waals surface area contributed by atoms with Gasteiger partial charge in [0.05, 0.1) is 5.69 Å². The molecule has 140 valence electrons. The van der Waals surface area contributed by atoms with E-state index < -0.39 is 5.25 Å². The molecule has 1 fully saturated rings. The van der Waals surface area contributed by atoms with E-state index in [0.29, 0.717) is 11.7 Å². The number of benzene rings is 2. The fourth-order valence-corrected chi connectivity index (χ4v) is 4.17. The summed E-state index contributed by atoms with van der Waals surface area (Å²) in [4.78, 5) is 30.7. The number of aliphatic imine (C=N–C) groups is 1. The summed E-state index contributed by atoms with van der Waals surface area (Å²) in [5.41, 5.74) is 1.97. The molecule has 7 heteroatoms. The zero-order valence-corrected chi connectivity index (χ0v) is 17.9. The van der Waals surface area contributed by atoms with E-state index in [-0.39, 0.29) is 18.2 Å². The zero-order chi connectivity index (χ0) is 19.2. The summed E-state index contributed by atoms with van der Waals surface area (Å²) in [6.07, 6.45) is 0.937. The summed E-state index contributed by atoms with van der Waals surface area (Å²) in [6, 6.07) is 17.8. The monoisotopic (exact) mass is 493 g/mol. The molecule has 1 atom stereocenters. The molecule has 0 radical (unpaired) electrons. The number of amides is 2. The third-order valence-electron chi connectivity index (χ3n) is 4.14. The zero-order valence-electron chi connectivity index (χ0n) is 14.9. The number of nitrogens with zero attached hydrogens (tertiary/aromatic N) is 2. The number of amidine groups is 1. The maximum Gasteiger partial charge on any atom is 0.242 e. The lowest BCUT2D eigenvalue weighted by Gasteiger charge is -2.09. The van der Waals surface area contributed by atoms with E-state index in [1.807, 2.05) is 54.6 Å². The topological polar surface area (TPSA) is 61.8 Å². The lowest BCUT2D eigenvalue weighted by atomic mass is 10.1. The molecule has 1 heterocycles. The quantitative estimate of drug-likeness (QED) is 0.626. The van der Waals surface area contributed by atoms with E-state index in [1.165, 1.54) is 22.2 Å². The molecule has 3 rings (SSSR count). The van der Waals surface area contributed by atoms with Gasteiger partial charge in [0.15, 0.2) is 5.17 Å². The van der Waals surface area contributed by atoms with Gasteiger partial charge in [-0.1, -0.05) is 42.1 Å². The highest BCUT2D eigenvalue weighted by atomic mass is 127. The van der Waals surface area contributed by atoms with Gasteiger partial charge < -0.3 is 5.32 Å². The Hall–Kier alpha value is -1.87. The molecule has 1 aliphatic heterocycles. The van der Waals surface area contributed by atoms with Crippen LogP contribution in [0.3, 0.4) is 0 Å². The van der Waals surface area contributed by atoms with E-state index >= 15 is 0 Å². The van der Waals surface area contributed by atoms with Crippen LogP contribution in [0.1, 0.15) is 12.0 Å². The first-order valence-electron chi connectivity index (χ1n) is 8.62. The van der Waals surface area contributed by atoms with Crippen LogP contribution in [-0.2, 0) is 16.0 Å². The fraction of sp³-hybridized carbons (Fsp3) is 0.250. The molecule has 1 N–H and O–H groups in total. The van der Waals surface area contributed by atoms with Crippen molar-refractivity contribution in [3.8, 4) is 0 Å². The van der Waals surface area contributed by atoms with Crippen molar-refractivity contribution in [1.29, 1.82) is 0 Å². The van der Waals surface area contributed by atoms with Gasteiger partial charge in [-0.05, 0) is 58.8 Å². The van der Waals surface area contributed by atoms with Gasteiger partial charge in [0.2, 0.25) is 11.8 Å². The van der Waals surface area contributed by atoms with E-state index in [1.54, 1.807) is 7.05 Å². The highest BCUT2D eigenvalue weighted by molar-refractivity contribution is 14.1. The average molecular weight is 493 g/mol. The number of rotatable bonds is 6. The molecular weight excluding hydrogens is 473 g/mol.